The average molecular weight is 293 g/mol. The highest BCUT2D eigenvalue weighted by atomic mass is 32.2. The second-order valence-corrected chi connectivity index (χ2v) is 6.16. The second-order valence-electron chi connectivity index (χ2n) is 4.48. The number of rotatable bonds is 3. The molecule has 0 saturated heterocycles. The Labute approximate surface area is 116 Å². The smallest absolute Gasteiger partial charge is 0.261 e. The number of fused-ring (bicyclic) bond motifs is 1. The molecule has 0 fully saturated rings. The van der Waals surface area contributed by atoms with Crippen molar-refractivity contribution in [1.82, 2.24) is 0 Å². The predicted octanol–water partition coefficient (Wildman–Crippen LogP) is 2.56. The van der Waals surface area contributed by atoms with Gasteiger partial charge in [0, 0.05) is 12.1 Å². The summed E-state index contributed by atoms with van der Waals surface area (Å²) in [6, 6.07) is 9.92. The van der Waals surface area contributed by atoms with E-state index in [1.54, 1.807) is 12.1 Å². The second kappa shape index (κ2) is 4.79. The summed E-state index contributed by atoms with van der Waals surface area (Å²) in [6.07, 6.45) is 0.704. The number of benzene rings is 2. The van der Waals surface area contributed by atoms with Gasteiger partial charge in [-0.15, -0.1) is 0 Å². The Morgan fingerprint density at radius 2 is 1.85 bits per heavy atom. The summed E-state index contributed by atoms with van der Waals surface area (Å²) < 4.78 is 45.0. The molecule has 0 spiro atoms. The fraction of sp³-hybridized carbons (Fsp3) is 0.143. The van der Waals surface area contributed by atoms with E-state index in [0.717, 1.165) is 11.3 Å². The summed E-state index contributed by atoms with van der Waals surface area (Å²) >= 11 is 0. The first-order valence-electron chi connectivity index (χ1n) is 6.09. The molecule has 0 aromatic heterocycles. The Bertz CT molecular complexity index is 742. The minimum absolute atomic E-state index is 0.172. The van der Waals surface area contributed by atoms with Crippen molar-refractivity contribution in [3.63, 3.8) is 0 Å². The number of hydrogen-bond donors (Lipinski definition) is 1. The summed E-state index contributed by atoms with van der Waals surface area (Å²) in [6.45, 7) is 0.574. The fourth-order valence-electron chi connectivity index (χ4n) is 2.06. The maximum atomic E-state index is 12.8. The molecule has 2 aromatic rings. The van der Waals surface area contributed by atoms with E-state index in [1.807, 2.05) is 0 Å². The number of hydrogen-bond acceptors (Lipinski definition) is 3. The lowest BCUT2D eigenvalue weighted by atomic mass is 10.2. The molecule has 0 saturated carbocycles. The van der Waals surface area contributed by atoms with Gasteiger partial charge in [0.25, 0.3) is 10.0 Å². The highest BCUT2D eigenvalue weighted by Gasteiger charge is 2.19. The van der Waals surface area contributed by atoms with Gasteiger partial charge in [0.1, 0.15) is 11.6 Å². The molecule has 1 heterocycles. The van der Waals surface area contributed by atoms with Crippen molar-refractivity contribution >= 4 is 15.7 Å². The zero-order valence-electron chi connectivity index (χ0n) is 10.5. The minimum Gasteiger partial charge on any atom is -0.493 e. The van der Waals surface area contributed by atoms with Crippen molar-refractivity contribution in [3.8, 4) is 5.75 Å². The summed E-state index contributed by atoms with van der Waals surface area (Å²) in [5.41, 5.74) is 1.20. The zero-order valence-corrected chi connectivity index (χ0v) is 11.3. The van der Waals surface area contributed by atoms with Crippen LogP contribution >= 0.6 is 0 Å². The van der Waals surface area contributed by atoms with Crippen LogP contribution in [0, 0.1) is 5.82 Å². The van der Waals surface area contributed by atoms with Gasteiger partial charge in [0.15, 0.2) is 0 Å². The van der Waals surface area contributed by atoms with Gasteiger partial charge in [0.2, 0.25) is 0 Å². The van der Waals surface area contributed by atoms with Crippen molar-refractivity contribution in [1.29, 1.82) is 0 Å². The van der Waals surface area contributed by atoms with Crippen LogP contribution in [0.4, 0.5) is 10.1 Å². The lowest BCUT2D eigenvalue weighted by Gasteiger charge is -2.09. The Morgan fingerprint density at radius 3 is 2.60 bits per heavy atom. The van der Waals surface area contributed by atoms with E-state index in [4.69, 9.17) is 4.74 Å². The van der Waals surface area contributed by atoms with Crippen LogP contribution in [0.15, 0.2) is 47.4 Å². The van der Waals surface area contributed by atoms with Crippen molar-refractivity contribution in [2.24, 2.45) is 0 Å². The highest BCUT2D eigenvalue weighted by molar-refractivity contribution is 7.92. The summed E-state index contributed by atoms with van der Waals surface area (Å²) in [5, 5.41) is 0. The normalized spacial score (nSPS) is 13.7. The molecule has 0 amide bonds. The van der Waals surface area contributed by atoms with Gasteiger partial charge < -0.3 is 4.74 Å². The minimum atomic E-state index is -3.68. The van der Waals surface area contributed by atoms with Gasteiger partial charge in [-0.3, -0.25) is 4.72 Å². The standard InChI is InChI=1S/C14H12FNO3S/c15-11-1-3-12(4-2-11)16-20(17,18)13-5-6-14-10(9-13)7-8-19-14/h1-6,9,16H,7-8H2. The van der Waals surface area contributed by atoms with Gasteiger partial charge in [-0.2, -0.15) is 0 Å². The van der Waals surface area contributed by atoms with Crippen LogP contribution in [0.25, 0.3) is 0 Å². The number of halogens is 1. The van der Waals surface area contributed by atoms with Crippen molar-refractivity contribution in [3.05, 3.63) is 53.8 Å². The van der Waals surface area contributed by atoms with E-state index in [0.29, 0.717) is 18.7 Å². The largest absolute Gasteiger partial charge is 0.493 e. The topological polar surface area (TPSA) is 55.4 Å². The molecular formula is C14H12FNO3S. The van der Waals surface area contributed by atoms with Gasteiger partial charge in [-0.25, -0.2) is 12.8 Å². The predicted molar refractivity (Wildman–Crippen MR) is 72.8 cm³/mol. The van der Waals surface area contributed by atoms with Crippen molar-refractivity contribution in [2.45, 2.75) is 11.3 Å². The molecule has 20 heavy (non-hydrogen) atoms. The molecule has 0 atom stereocenters. The summed E-state index contributed by atoms with van der Waals surface area (Å²) in [7, 11) is -3.68. The van der Waals surface area contributed by atoms with Crippen LogP contribution in [0.3, 0.4) is 0 Å². The third-order valence-electron chi connectivity index (χ3n) is 3.07. The molecule has 1 aliphatic rings. The monoisotopic (exact) mass is 293 g/mol. The van der Waals surface area contributed by atoms with E-state index < -0.39 is 15.8 Å². The van der Waals surface area contributed by atoms with Gasteiger partial charge >= 0.3 is 0 Å². The Balaban J connectivity index is 1.90. The third-order valence-corrected chi connectivity index (χ3v) is 4.45. The molecule has 0 bridgehead atoms. The van der Waals surface area contributed by atoms with E-state index in [-0.39, 0.29) is 4.90 Å². The van der Waals surface area contributed by atoms with Gasteiger partial charge in [-0.05, 0) is 48.0 Å². The molecule has 0 aliphatic carbocycles. The quantitative estimate of drug-likeness (QED) is 0.946. The Kier molecular flexibility index (Phi) is 3.10. The molecule has 2 aromatic carbocycles. The van der Waals surface area contributed by atoms with Crippen LogP contribution in [0.2, 0.25) is 0 Å². The summed E-state index contributed by atoms with van der Waals surface area (Å²) in [5.74, 6) is 0.313. The Morgan fingerprint density at radius 1 is 1.10 bits per heavy atom. The molecule has 0 radical (unpaired) electrons. The first-order chi connectivity index (χ1) is 9.54. The van der Waals surface area contributed by atoms with Crippen LogP contribution in [-0.4, -0.2) is 15.0 Å². The van der Waals surface area contributed by atoms with Gasteiger partial charge in [-0.1, -0.05) is 0 Å². The van der Waals surface area contributed by atoms with Crippen LogP contribution < -0.4 is 9.46 Å². The molecule has 1 N–H and O–H groups in total. The first-order valence-corrected chi connectivity index (χ1v) is 7.57. The number of nitrogens with one attached hydrogen (secondary N) is 1. The maximum Gasteiger partial charge on any atom is 0.261 e. The lowest BCUT2D eigenvalue weighted by molar-refractivity contribution is 0.356. The van der Waals surface area contributed by atoms with Gasteiger partial charge in [0.05, 0.1) is 11.5 Å². The van der Waals surface area contributed by atoms with E-state index in [2.05, 4.69) is 4.72 Å². The Hall–Kier alpha value is -2.08. The molecular weight excluding hydrogens is 281 g/mol. The zero-order chi connectivity index (χ0) is 14.2. The molecule has 0 unspecified atom stereocenters. The van der Waals surface area contributed by atoms with E-state index in [1.165, 1.54) is 30.3 Å². The summed E-state index contributed by atoms with van der Waals surface area (Å²) in [4.78, 5) is 0.172. The van der Waals surface area contributed by atoms with Crippen molar-refractivity contribution in [2.75, 3.05) is 11.3 Å². The van der Waals surface area contributed by atoms with Crippen LogP contribution in [0.5, 0.6) is 5.75 Å². The lowest BCUT2D eigenvalue weighted by Crippen LogP contribution is -2.13. The number of ether oxygens (including phenoxy) is 1. The fourth-order valence-corrected chi connectivity index (χ4v) is 3.17. The number of anilines is 1. The molecule has 6 heteroatoms. The average Bonchev–Trinajstić information content (AvgIpc) is 2.88. The molecule has 3 rings (SSSR count). The first kappa shape index (κ1) is 12.9. The molecule has 4 nitrogen and oxygen atoms in total. The van der Waals surface area contributed by atoms with Crippen LogP contribution in [-0.2, 0) is 16.4 Å². The van der Waals surface area contributed by atoms with Crippen LogP contribution in [0.1, 0.15) is 5.56 Å². The molecule has 1 aliphatic heterocycles. The highest BCUT2D eigenvalue weighted by Crippen LogP contribution is 2.28. The molecule has 104 valence electrons. The maximum absolute atomic E-state index is 12.8. The number of sulfonamides is 1. The third kappa shape index (κ3) is 2.46. The SMILES string of the molecule is O=S(=O)(Nc1ccc(F)cc1)c1ccc2c(c1)CCO2. The van der Waals surface area contributed by atoms with Crippen molar-refractivity contribution < 1.29 is 17.5 Å². The van der Waals surface area contributed by atoms with E-state index in [9.17, 15) is 12.8 Å². The van der Waals surface area contributed by atoms with E-state index >= 15 is 0 Å².